The lowest BCUT2D eigenvalue weighted by molar-refractivity contribution is 0.0677. The van der Waals surface area contributed by atoms with Crippen LogP contribution in [0.2, 0.25) is 0 Å². The van der Waals surface area contributed by atoms with Gasteiger partial charge in [-0.15, -0.1) is 0 Å². The quantitative estimate of drug-likeness (QED) is 0.815. The van der Waals surface area contributed by atoms with Gasteiger partial charge in [-0.2, -0.15) is 0 Å². The average Bonchev–Trinajstić information content (AvgIpc) is 3.01. The lowest BCUT2D eigenvalue weighted by Crippen LogP contribution is -2.32. The highest BCUT2D eigenvalue weighted by molar-refractivity contribution is 5.96. The fourth-order valence-electron chi connectivity index (χ4n) is 2.74. The Bertz CT molecular complexity index is 769. The van der Waals surface area contributed by atoms with Crippen molar-refractivity contribution >= 4 is 5.91 Å². The van der Waals surface area contributed by atoms with E-state index >= 15 is 0 Å². The van der Waals surface area contributed by atoms with Gasteiger partial charge in [-0.05, 0) is 24.6 Å². The van der Waals surface area contributed by atoms with Crippen molar-refractivity contribution in [3.63, 3.8) is 0 Å². The molecule has 142 valence electrons. The number of methoxy groups -OCH3 is 2. The van der Waals surface area contributed by atoms with Gasteiger partial charge in [-0.25, -0.2) is 0 Å². The van der Waals surface area contributed by atoms with Crippen LogP contribution in [0.3, 0.4) is 0 Å². The number of carbonyl (C=O) groups is 1. The fraction of sp³-hybridized carbons (Fsp3) is 0.474. The van der Waals surface area contributed by atoms with E-state index < -0.39 is 6.10 Å². The number of aryl methyl sites for hydroxylation is 1. The number of rotatable bonds is 7. The third-order valence-corrected chi connectivity index (χ3v) is 4.21. The third-order valence-electron chi connectivity index (χ3n) is 4.21. The molecular weight excluding hydrogens is 336 g/mol. The van der Waals surface area contributed by atoms with Gasteiger partial charge in [0.25, 0.3) is 5.91 Å². The Morgan fingerprint density at radius 1 is 1.27 bits per heavy atom. The van der Waals surface area contributed by atoms with Crippen LogP contribution in [0.15, 0.2) is 22.7 Å². The molecule has 1 heterocycles. The molecule has 1 N–H and O–H groups in total. The van der Waals surface area contributed by atoms with Gasteiger partial charge in [-0.1, -0.05) is 25.1 Å². The number of aliphatic hydroxyl groups is 1. The molecule has 0 radical (unpaired) electrons. The lowest BCUT2D eigenvalue weighted by Gasteiger charge is -2.22. The first-order chi connectivity index (χ1) is 12.3. The van der Waals surface area contributed by atoms with Crippen LogP contribution in [0.25, 0.3) is 0 Å². The standard InChI is InChI=1S/C19H26N2O5/c1-11(2)18-17(12(3)20-26-18)19(23)21(4)10-14(22)13-7-8-15(24-5)16(9-13)25-6/h7-9,11,14,22H,10H2,1-6H3. The minimum atomic E-state index is -0.869. The monoisotopic (exact) mass is 362 g/mol. The number of ether oxygens (including phenoxy) is 2. The zero-order valence-electron chi connectivity index (χ0n) is 16.1. The highest BCUT2D eigenvalue weighted by Gasteiger charge is 2.26. The highest BCUT2D eigenvalue weighted by atomic mass is 16.5. The largest absolute Gasteiger partial charge is 0.493 e. The Balaban J connectivity index is 2.18. The Morgan fingerprint density at radius 2 is 1.92 bits per heavy atom. The van der Waals surface area contributed by atoms with Gasteiger partial charge in [0.2, 0.25) is 0 Å². The molecule has 1 aromatic heterocycles. The molecule has 26 heavy (non-hydrogen) atoms. The summed E-state index contributed by atoms with van der Waals surface area (Å²) in [7, 11) is 4.72. The van der Waals surface area contributed by atoms with Crippen LogP contribution in [0.4, 0.5) is 0 Å². The van der Waals surface area contributed by atoms with Gasteiger partial charge < -0.3 is 24.0 Å². The number of carbonyl (C=O) groups excluding carboxylic acids is 1. The smallest absolute Gasteiger partial charge is 0.259 e. The van der Waals surface area contributed by atoms with E-state index in [0.29, 0.717) is 34.1 Å². The second-order valence-electron chi connectivity index (χ2n) is 6.48. The summed E-state index contributed by atoms with van der Waals surface area (Å²) in [6.45, 7) is 5.74. The lowest BCUT2D eigenvalue weighted by atomic mass is 10.0. The third kappa shape index (κ3) is 3.99. The summed E-state index contributed by atoms with van der Waals surface area (Å²) in [6.07, 6.45) is -0.869. The number of benzene rings is 1. The summed E-state index contributed by atoms with van der Waals surface area (Å²) in [6, 6.07) is 5.17. The normalized spacial score (nSPS) is 12.2. The van der Waals surface area contributed by atoms with E-state index in [0.717, 1.165) is 0 Å². The molecule has 0 saturated heterocycles. The van der Waals surface area contributed by atoms with Crippen LogP contribution in [-0.4, -0.2) is 48.9 Å². The summed E-state index contributed by atoms with van der Waals surface area (Å²) in [4.78, 5) is 14.3. The maximum atomic E-state index is 12.8. The van der Waals surface area contributed by atoms with E-state index in [1.807, 2.05) is 13.8 Å². The number of aromatic nitrogens is 1. The van der Waals surface area contributed by atoms with E-state index in [1.165, 1.54) is 12.0 Å². The molecule has 0 aliphatic rings. The number of likely N-dealkylation sites (N-methyl/N-ethyl adjacent to an activating group) is 1. The second kappa shape index (κ2) is 8.23. The first kappa shape index (κ1) is 19.8. The van der Waals surface area contributed by atoms with Gasteiger partial charge in [0, 0.05) is 13.0 Å². The highest BCUT2D eigenvalue weighted by Crippen LogP contribution is 2.30. The topological polar surface area (TPSA) is 85.0 Å². The van der Waals surface area contributed by atoms with Crippen molar-refractivity contribution in [1.82, 2.24) is 10.1 Å². The first-order valence-corrected chi connectivity index (χ1v) is 8.41. The summed E-state index contributed by atoms with van der Waals surface area (Å²) < 4.78 is 15.7. The van der Waals surface area contributed by atoms with Crippen molar-refractivity contribution in [1.29, 1.82) is 0 Å². The Kier molecular flexibility index (Phi) is 6.26. The van der Waals surface area contributed by atoms with Crippen molar-refractivity contribution in [3.8, 4) is 11.5 Å². The number of hydrogen-bond acceptors (Lipinski definition) is 6. The number of nitrogens with zero attached hydrogens (tertiary/aromatic N) is 2. The maximum Gasteiger partial charge on any atom is 0.259 e. The van der Waals surface area contributed by atoms with Crippen molar-refractivity contribution in [2.45, 2.75) is 32.8 Å². The van der Waals surface area contributed by atoms with E-state index in [9.17, 15) is 9.90 Å². The Hall–Kier alpha value is -2.54. The minimum Gasteiger partial charge on any atom is -0.493 e. The molecule has 1 amide bonds. The molecule has 0 fully saturated rings. The fourth-order valence-corrected chi connectivity index (χ4v) is 2.74. The van der Waals surface area contributed by atoms with Crippen molar-refractivity contribution in [3.05, 3.63) is 40.8 Å². The molecule has 0 saturated carbocycles. The Labute approximate surface area is 153 Å². The van der Waals surface area contributed by atoms with Gasteiger partial charge in [0.1, 0.15) is 5.56 Å². The van der Waals surface area contributed by atoms with Crippen LogP contribution in [0, 0.1) is 6.92 Å². The molecule has 2 rings (SSSR count). The second-order valence-corrected chi connectivity index (χ2v) is 6.48. The predicted octanol–water partition coefficient (Wildman–Crippen LogP) is 2.93. The van der Waals surface area contributed by atoms with E-state index in [1.54, 1.807) is 39.3 Å². The molecule has 0 aliphatic heterocycles. The van der Waals surface area contributed by atoms with Gasteiger partial charge >= 0.3 is 0 Å². The number of amides is 1. The van der Waals surface area contributed by atoms with Crippen molar-refractivity contribution in [2.75, 3.05) is 27.8 Å². The zero-order chi connectivity index (χ0) is 19.4. The SMILES string of the molecule is COc1ccc(C(O)CN(C)C(=O)c2c(C)noc2C(C)C)cc1OC. The molecule has 0 bridgehead atoms. The van der Waals surface area contributed by atoms with E-state index in [4.69, 9.17) is 14.0 Å². The van der Waals surface area contributed by atoms with Crippen molar-refractivity contribution in [2.24, 2.45) is 0 Å². The van der Waals surface area contributed by atoms with E-state index in [2.05, 4.69) is 5.16 Å². The molecule has 0 spiro atoms. The first-order valence-electron chi connectivity index (χ1n) is 8.41. The van der Waals surface area contributed by atoms with Crippen LogP contribution in [-0.2, 0) is 0 Å². The zero-order valence-corrected chi connectivity index (χ0v) is 16.1. The van der Waals surface area contributed by atoms with Gasteiger partial charge in [0.05, 0.1) is 32.6 Å². The molecule has 1 unspecified atom stereocenters. The molecule has 1 atom stereocenters. The average molecular weight is 362 g/mol. The minimum absolute atomic E-state index is 0.0410. The summed E-state index contributed by atoms with van der Waals surface area (Å²) in [5.41, 5.74) is 1.64. The molecule has 7 nitrogen and oxygen atoms in total. The van der Waals surface area contributed by atoms with Gasteiger partial charge in [0.15, 0.2) is 17.3 Å². The Morgan fingerprint density at radius 3 is 2.50 bits per heavy atom. The molecule has 0 aliphatic carbocycles. The van der Waals surface area contributed by atoms with Crippen LogP contribution in [0.5, 0.6) is 11.5 Å². The summed E-state index contributed by atoms with van der Waals surface area (Å²) >= 11 is 0. The molecule has 2 aromatic rings. The van der Waals surface area contributed by atoms with Crippen LogP contribution < -0.4 is 9.47 Å². The van der Waals surface area contributed by atoms with Crippen LogP contribution in [0.1, 0.15) is 53.2 Å². The predicted molar refractivity (Wildman–Crippen MR) is 96.8 cm³/mol. The maximum absolute atomic E-state index is 12.8. The molecular formula is C19H26N2O5. The molecule has 7 heteroatoms. The summed E-state index contributed by atoms with van der Waals surface area (Å²) in [5.74, 6) is 1.47. The number of hydrogen-bond donors (Lipinski definition) is 1. The number of aliphatic hydroxyl groups excluding tert-OH is 1. The van der Waals surface area contributed by atoms with Crippen molar-refractivity contribution < 1.29 is 23.9 Å². The summed E-state index contributed by atoms with van der Waals surface area (Å²) in [5, 5.41) is 14.4. The van der Waals surface area contributed by atoms with Gasteiger partial charge in [-0.3, -0.25) is 4.79 Å². The molecule has 1 aromatic carbocycles. The van der Waals surface area contributed by atoms with Crippen LogP contribution >= 0.6 is 0 Å². The van der Waals surface area contributed by atoms with E-state index in [-0.39, 0.29) is 18.4 Å².